The fraction of sp³-hybridized carbons (Fsp3) is 0.188. The second-order valence-corrected chi connectivity index (χ2v) is 10.8. The van der Waals surface area contributed by atoms with Crippen molar-refractivity contribution in [3.8, 4) is 0 Å². The Morgan fingerprint density at radius 3 is 2.02 bits per heavy atom. The van der Waals surface area contributed by atoms with Crippen molar-refractivity contribution in [3.05, 3.63) is 119 Å². The van der Waals surface area contributed by atoms with Gasteiger partial charge in [0.1, 0.15) is 5.52 Å². The SMILES string of the molecule is C[C@]1(OC(=O)c2ccccc2)[C@H](n2cnc3c(Cl)nc(N)nc32)O[C@](F)(COC(=O)c2ccccc2)[C@H]1OC(=O)c1ccccc1. The van der Waals surface area contributed by atoms with Crippen LogP contribution in [0.4, 0.5) is 10.3 Å². The fourth-order valence-electron chi connectivity index (χ4n) is 5.15. The molecular formula is C32H25ClFN5O7. The first kappa shape index (κ1) is 30.6. The largest absolute Gasteiger partial charge is 0.456 e. The normalized spacial score (nSPS) is 22.3. The fourth-order valence-corrected chi connectivity index (χ4v) is 5.37. The molecule has 0 unspecified atom stereocenters. The van der Waals surface area contributed by atoms with Gasteiger partial charge in [0.2, 0.25) is 12.1 Å². The first-order valence-electron chi connectivity index (χ1n) is 13.9. The van der Waals surface area contributed by atoms with Crippen LogP contribution < -0.4 is 5.73 Å². The van der Waals surface area contributed by atoms with Crippen LogP contribution in [0.15, 0.2) is 97.3 Å². The summed E-state index contributed by atoms with van der Waals surface area (Å²) in [5.41, 5.74) is 4.12. The number of rotatable bonds is 8. The molecule has 234 valence electrons. The minimum atomic E-state index is -3.08. The zero-order valence-corrected chi connectivity index (χ0v) is 24.8. The molecule has 4 atom stereocenters. The highest BCUT2D eigenvalue weighted by Gasteiger charge is 2.69. The number of alkyl halides is 1. The highest BCUT2D eigenvalue weighted by atomic mass is 35.5. The molecule has 0 saturated carbocycles. The monoisotopic (exact) mass is 645 g/mol. The summed E-state index contributed by atoms with van der Waals surface area (Å²) in [5.74, 6) is -6.03. The Balaban J connectivity index is 1.46. The molecule has 1 aliphatic rings. The number of esters is 3. The van der Waals surface area contributed by atoms with Crippen LogP contribution >= 0.6 is 11.6 Å². The lowest BCUT2D eigenvalue weighted by molar-refractivity contribution is -0.207. The summed E-state index contributed by atoms with van der Waals surface area (Å²) in [7, 11) is 0. The predicted molar refractivity (Wildman–Crippen MR) is 161 cm³/mol. The summed E-state index contributed by atoms with van der Waals surface area (Å²) in [6, 6.07) is 23.6. The van der Waals surface area contributed by atoms with Crippen molar-refractivity contribution in [2.24, 2.45) is 0 Å². The van der Waals surface area contributed by atoms with Crippen molar-refractivity contribution in [2.45, 2.75) is 30.7 Å². The quantitative estimate of drug-likeness (QED) is 0.138. The molecule has 0 amide bonds. The van der Waals surface area contributed by atoms with Crippen LogP contribution in [0, 0.1) is 0 Å². The molecule has 46 heavy (non-hydrogen) atoms. The highest BCUT2D eigenvalue weighted by molar-refractivity contribution is 6.33. The molecule has 5 aromatic rings. The predicted octanol–water partition coefficient (Wildman–Crippen LogP) is 4.95. The van der Waals surface area contributed by atoms with E-state index in [1.54, 1.807) is 54.6 Å². The Bertz CT molecular complexity index is 1910. The summed E-state index contributed by atoms with van der Waals surface area (Å²) in [6.45, 7) is 0.257. The number of ether oxygens (including phenoxy) is 4. The van der Waals surface area contributed by atoms with Gasteiger partial charge >= 0.3 is 17.9 Å². The van der Waals surface area contributed by atoms with E-state index in [4.69, 9.17) is 36.3 Å². The van der Waals surface area contributed by atoms with E-state index in [1.165, 1.54) is 54.2 Å². The summed E-state index contributed by atoms with van der Waals surface area (Å²) >= 11 is 6.25. The number of nitrogens with zero attached hydrogens (tertiary/aromatic N) is 4. The van der Waals surface area contributed by atoms with Gasteiger partial charge in [0.25, 0.3) is 5.85 Å². The van der Waals surface area contributed by atoms with E-state index in [9.17, 15) is 14.4 Å². The highest BCUT2D eigenvalue weighted by Crippen LogP contribution is 2.50. The number of nitrogen functional groups attached to an aromatic ring is 1. The molecular weight excluding hydrogens is 621 g/mol. The number of anilines is 1. The zero-order chi connectivity index (χ0) is 32.5. The van der Waals surface area contributed by atoms with Crippen molar-refractivity contribution >= 4 is 46.6 Å². The molecule has 0 bridgehead atoms. The molecule has 2 aromatic heterocycles. The average molecular weight is 646 g/mol. The topological polar surface area (TPSA) is 158 Å². The van der Waals surface area contributed by atoms with Crippen LogP contribution in [0.3, 0.4) is 0 Å². The van der Waals surface area contributed by atoms with Gasteiger partial charge < -0.3 is 24.7 Å². The van der Waals surface area contributed by atoms with E-state index >= 15 is 4.39 Å². The van der Waals surface area contributed by atoms with Crippen molar-refractivity contribution in [2.75, 3.05) is 12.3 Å². The van der Waals surface area contributed by atoms with Crippen LogP contribution in [0.1, 0.15) is 44.2 Å². The Hall–Kier alpha value is -5.40. The van der Waals surface area contributed by atoms with Gasteiger partial charge in [0, 0.05) is 0 Å². The third-order valence-electron chi connectivity index (χ3n) is 7.32. The van der Waals surface area contributed by atoms with Crippen LogP contribution in [0.25, 0.3) is 11.2 Å². The van der Waals surface area contributed by atoms with E-state index in [2.05, 4.69) is 15.0 Å². The second kappa shape index (κ2) is 12.2. The van der Waals surface area contributed by atoms with Gasteiger partial charge in [-0.1, -0.05) is 66.2 Å². The molecule has 0 aliphatic carbocycles. The molecule has 0 radical (unpaired) electrons. The van der Waals surface area contributed by atoms with Crippen molar-refractivity contribution in [1.82, 2.24) is 19.5 Å². The Kier molecular flexibility index (Phi) is 8.11. The molecule has 14 heteroatoms. The number of benzene rings is 3. The smallest absolute Gasteiger partial charge is 0.338 e. The average Bonchev–Trinajstić information content (AvgIpc) is 3.57. The van der Waals surface area contributed by atoms with Crippen LogP contribution in [0.2, 0.25) is 5.15 Å². The maximum atomic E-state index is 17.4. The van der Waals surface area contributed by atoms with E-state index in [-0.39, 0.29) is 39.0 Å². The molecule has 3 heterocycles. The number of carbonyl (C=O) groups excluding carboxylic acids is 3. The number of hydrogen-bond donors (Lipinski definition) is 1. The molecule has 1 aliphatic heterocycles. The minimum Gasteiger partial charge on any atom is -0.456 e. The van der Waals surface area contributed by atoms with Gasteiger partial charge in [0.15, 0.2) is 29.2 Å². The number of hydrogen-bond acceptors (Lipinski definition) is 11. The van der Waals surface area contributed by atoms with Crippen LogP contribution in [-0.2, 0) is 18.9 Å². The summed E-state index contributed by atoms with van der Waals surface area (Å²) in [6.07, 6.45) is -2.42. The van der Waals surface area contributed by atoms with E-state index < -0.39 is 48.3 Å². The van der Waals surface area contributed by atoms with Crippen LogP contribution in [0.5, 0.6) is 0 Å². The van der Waals surface area contributed by atoms with Gasteiger partial charge in [-0.3, -0.25) is 4.57 Å². The lowest BCUT2D eigenvalue weighted by Gasteiger charge is -2.35. The Labute approximate surface area is 265 Å². The first-order chi connectivity index (χ1) is 22.1. The van der Waals surface area contributed by atoms with Gasteiger partial charge in [-0.15, -0.1) is 0 Å². The number of nitrogens with two attached hydrogens (primary N) is 1. The lowest BCUT2D eigenvalue weighted by Crippen LogP contribution is -2.54. The minimum absolute atomic E-state index is 0.00292. The van der Waals surface area contributed by atoms with Crippen molar-refractivity contribution < 1.29 is 37.7 Å². The van der Waals surface area contributed by atoms with Gasteiger partial charge in [-0.05, 0) is 43.3 Å². The summed E-state index contributed by atoms with van der Waals surface area (Å²) < 4.78 is 41.7. The number of aromatic nitrogens is 4. The first-order valence-corrected chi connectivity index (χ1v) is 14.3. The van der Waals surface area contributed by atoms with E-state index in [0.29, 0.717) is 0 Å². The van der Waals surface area contributed by atoms with Gasteiger partial charge in [-0.25, -0.2) is 23.8 Å². The number of imidazole rings is 1. The molecule has 0 spiro atoms. The number of halogens is 2. The van der Waals surface area contributed by atoms with E-state index in [1.807, 2.05) is 0 Å². The van der Waals surface area contributed by atoms with Gasteiger partial charge in [-0.2, -0.15) is 9.97 Å². The summed E-state index contributed by atoms with van der Waals surface area (Å²) in [5, 5.41) is -0.0995. The zero-order valence-electron chi connectivity index (χ0n) is 24.1. The Morgan fingerprint density at radius 2 is 1.43 bits per heavy atom. The Morgan fingerprint density at radius 1 is 0.891 bits per heavy atom. The van der Waals surface area contributed by atoms with Crippen LogP contribution in [-0.4, -0.2) is 61.6 Å². The molecule has 1 saturated heterocycles. The van der Waals surface area contributed by atoms with Crippen molar-refractivity contribution in [3.63, 3.8) is 0 Å². The van der Waals surface area contributed by atoms with E-state index in [0.717, 1.165) is 0 Å². The molecule has 1 fully saturated rings. The number of fused-ring (bicyclic) bond motifs is 1. The summed E-state index contributed by atoms with van der Waals surface area (Å²) in [4.78, 5) is 52.1. The maximum Gasteiger partial charge on any atom is 0.338 e. The third kappa shape index (κ3) is 5.73. The standard InChI is InChI=1S/C32H25ClFN5O7/c1-31(45-27(42)21-15-9-4-10-16-21)28(44-26(41)20-13-7-3-8-14-20)32(34,17-43-25(40)19-11-5-2-6-12-19)46-29(31)39-18-36-22-23(33)37-30(35)38-24(22)39/h2-16,18,28-29H,17H2,1H3,(H2,35,37,38)/t28-,29+,31+,32+/m0/s1. The molecule has 2 N–H and O–H groups in total. The molecule has 12 nitrogen and oxygen atoms in total. The van der Waals surface area contributed by atoms with Gasteiger partial charge in [0.05, 0.1) is 23.0 Å². The molecule has 6 rings (SSSR count). The maximum absolute atomic E-state index is 17.4. The lowest BCUT2D eigenvalue weighted by atomic mass is 9.94. The van der Waals surface area contributed by atoms with Crippen molar-refractivity contribution in [1.29, 1.82) is 0 Å². The molecule has 3 aromatic carbocycles. The number of carbonyl (C=O) groups is 3. The second-order valence-electron chi connectivity index (χ2n) is 10.5. The third-order valence-corrected chi connectivity index (χ3v) is 7.59.